The minimum Gasteiger partial charge on any atom is -0.481 e. The molecular formula is C13H22N4O. The monoisotopic (exact) mass is 250 g/mol. The number of aryl methyl sites for hydroxylation is 1. The topological polar surface area (TPSA) is 50.3 Å². The fourth-order valence-corrected chi connectivity index (χ4v) is 2.26. The maximum absolute atomic E-state index is 5.12. The highest BCUT2D eigenvalue weighted by Crippen LogP contribution is 2.13. The van der Waals surface area contributed by atoms with Crippen LogP contribution in [0.15, 0.2) is 6.07 Å². The highest BCUT2D eigenvalue weighted by molar-refractivity contribution is 5.38. The summed E-state index contributed by atoms with van der Waals surface area (Å²) >= 11 is 0. The van der Waals surface area contributed by atoms with E-state index in [9.17, 15) is 0 Å². The summed E-state index contributed by atoms with van der Waals surface area (Å²) in [6.07, 6.45) is 3.86. The van der Waals surface area contributed by atoms with Gasteiger partial charge in [-0.3, -0.25) is 0 Å². The van der Waals surface area contributed by atoms with Crippen molar-refractivity contribution < 1.29 is 4.74 Å². The van der Waals surface area contributed by atoms with Crippen LogP contribution in [-0.2, 0) is 0 Å². The lowest BCUT2D eigenvalue weighted by Gasteiger charge is -2.14. The molecule has 0 saturated carbocycles. The van der Waals surface area contributed by atoms with Gasteiger partial charge in [-0.15, -0.1) is 0 Å². The summed E-state index contributed by atoms with van der Waals surface area (Å²) in [5.41, 5.74) is 0. The third kappa shape index (κ3) is 3.84. The van der Waals surface area contributed by atoms with Crippen LogP contribution in [-0.4, -0.2) is 48.2 Å². The van der Waals surface area contributed by atoms with Crippen molar-refractivity contribution in [1.82, 2.24) is 14.9 Å². The van der Waals surface area contributed by atoms with E-state index in [2.05, 4.69) is 20.2 Å². The molecule has 5 heteroatoms. The average molecular weight is 250 g/mol. The molecule has 1 fully saturated rings. The number of hydrogen-bond donors (Lipinski definition) is 1. The van der Waals surface area contributed by atoms with Gasteiger partial charge in [0.2, 0.25) is 5.88 Å². The Labute approximate surface area is 109 Å². The Morgan fingerprint density at radius 2 is 2.11 bits per heavy atom. The Bertz CT molecular complexity index is 377. The second-order valence-electron chi connectivity index (χ2n) is 4.67. The number of likely N-dealkylation sites (tertiary alicyclic amines) is 1. The molecule has 0 spiro atoms. The molecule has 100 valence electrons. The SMILES string of the molecule is COc1cc(NCCCN2CCCC2)nc(C)n1. The van der Waals surface area contributed by atoms with Gasteiger partial charge in [0.25, 0.3) is 0 Å². The van der Waals surface area contributed by atoms with Crippen molar-refractivity contribution >= 4 is 5.82 Å². The second kappa shape index (κ2) is 6.54. The predicted octanol–water partition coefficient (Wildman–Crippen LogP) is 1.69. The first-order chi connectivity index (χ1) is 8.78. The first-order valence-electron chi connectivity index (χ1n) is 6.64. The van der Waals surface area contributed by atoms with Gasteiger partial charge in [-0.25, -0.2) is 4.98 Å². The Morgan fingerprint density at radius 1 is 1.33 bits per heavy atom. The number of nitrogens with one attached hydrogen (secondary N) is 1. The molecular weight excluding hydrogens is 228 g/mol. The fourth-order valence-electron chi connectivity index (χ4n) is 2.26. The zero-order valence-corrected chi connectivity index (χ0v) is 11.3. The third-order valence-electron chi connectivity index (χ3n) is 3.18. The van der Waals surface area contributed by atoms with E-state index in [-0.39, 0.29) is 0 Å². The van der Waals surface area contributed by atoms with Crippen molar-refractivity contribution in [3.8, 4) is 5.88 Å². The Balaban J connectivity index is 1.73. The smallest absolute Gasteiger partial charge is 0.218 e. The molecule has 1 N–H and O–H groups in total. The molecule has 0 atom stereocenters. The van der Waals surface area contributed by atoms with Crippen LogP contribution in [0.2, 0.25) is 0 Å². The standard InChI is InChI=1S/C13H22N4O/c1-11-15-12(10-13(16-11)18-2)14-6-5-9-17-7-3-4-8-17/h10H,3-9H2,1-2H3,(H,14,15,16). The third-order valence-corrected chi connectivity index (χ3v) is 3.18. The fraction of sp³-hybridized carbons (Fsp3) is 0.692. The van der Waals surface area contributed by atoms with Crippen molar-refractivity contribution in [2.45, 2.75) is 26.2 Å². The number of nitrogens with zero attached hydrogens (tertiary/aromatic N) is 3. The van der Waals surface area contributed by atoms with Crippen molar-refractivity contribution in [3.05, 3.63) is 11.9 Å². The molecule has 5 nitrogen and oxygen atoms in total. The predicted molar refractivity (Wildman–Crippen MR) is 72.1 cm³/mol. The summed E-state index contributed by atoms with van der Waals surface area (Å²) < 4.78 is 5.12. The largest absolute Gasteiger partial charge is 0.481 e. The molecule has 1 aromatic heterocycles. The summed E-state index contributed by atoms with van der Waals surface area (Å²) in [5, 5.41) is 3.33. The number of hydrogen-bond acceptors (Lipinski definition) is 5. The van der Waals surface area contributed by atoms with Gasteiger partial charge in [0, 0.05) is 12.6 Å². The van der Waals surface area contributed by atoms with Gasteiger partial charge in [-0.1, -0.05) is 0 Å². The normalized spacial score (nSPS) is 15.9. The van der Waals surface area contributed by atoms with Crippen molar-refractivity contribution in [1.29, 1.82) is 0 Å². The molecule has 0 unspecified atom stereocenters. The van der Waals surface area contributed by atoms with E-state index in [0.717, 1.165) is 24.6 Å². The van der Waals surface area contributed by atoms with Gasteiger partial charge in [-0.05, 0) is 45.8 Å². The van der Waals surface area contributed by atoms with Crippen LogP contribution < -0.4 is 10.1 Å². The zero-order valence-electron chi connectivity index (χ0n) is 11.3. The van der Waals surface area contributed by atoms with Crippen LogP contribution in [0.3, 0.4) is 0 Å². The number of rotatable bonds is 6. The van der Waals surface area contributed by atoms with E-state index in [1.807, 2.05) is 13.0 Å². The van der Waals surface area contributed by atoms with E-state index in [0.29, 0.717) is 5.88 Å². The van der Waals surface area contributed by atoms with Crippen LogP contribution in [0.4, 0.5) is 5.82 Å². The first kappa shape index (κ1) is 13.1. The van der Waals surface area contributed by atoms with Crippen molar-refractivity contribution in [2.24, 2.45) is 0 Å². The van der Waals surface area contributed by atoms with Crippen molar-refractivity contribution in [2.75, 3.05) is 38.6 Å². The Hall–Kier alpha value is -1.36. The van der Waals surface area contributed by atoms with E-state index in [1.165, 1.54) is 32.5 Å². The van der Waals surface area contributed by atoms with Crippen LogP contribution in [0.25, 0.3) is 0 Å². The average Bonchev–Trinajstić information content (AvgIpc) is 2.87. The zero-order chi connectivity index (χ0) is 12.8. The minimum absolute atomic E-state index is 0.615. The van der Waals surface area contributed by atoms with Gasteiger partial charge in [0.15, 0.2) is 0 Å². The van der Waals surface area contributed by atoms with Crippen LogP contribution >= 0.6 is 0 Å². The minimum atomic E-state index is 0.615. The number of anilines is 1. The van der Waals surface area contributed by atoms with Gasteiger partial charge in [-0.2, -0.15) is 4.98 Å². The van der Waals surface area contributed by atoms with Gasteiger partial charge >= 0.3 is 0 Å². The number of ether oxygens (including phenoxy) is 1. The van der Waals surface area contributed by atoms with Crippen molar-refractivity contribution in [3.63, 3.8) is 0 Å². The van der Waals surface area contributed by atoms with E-state index in [1.54, 1.807) is 7.11 Å². The molecule has 0 radical (unpaired) electrons. The Kier molecular flexibility index (Phi) is 4.75. The molecule has 2 heterocycles. The molecule has 0 bridgehead atoms. The lowest BCUT2D eigenvalue weighted by Crippen LogP contribution is -2.22. The summed E-state index contributed by atoms with van der Waals surface area (Å²) in [5.74, 6) is 2.20. The van der Waals surface area contributed by atoms with Crippen LogP contribution in [0, 0.1) is 6.92 Å². The molecule has 2 rings (SSSR count). The summed E-state index contributed by atoms with van der Waals surface area (Å²) in [6.45, 7) is 6.52. The van der Waals surface area contributed by atoms with E-state index < -0.39 is 0 Å². The molecule has 1 aliphatic rings. The van der Waals surface area contributed by atoms with E-state index in [4.69, 9.17) is 4.74 Å². The van der Waals surface area contributed by atoms with Crippen LogP contribution in [0.1, 0.15) is 25.1 Å². The molecule has 0 aromatic carbocycles. The highest BCUT2D eigenvalue weighted by atomic mass is 16.5. The van der Waals surface area contributed by atoms with Gasteiger partial charge in [0.05, 0.1) is 7.11 Å². The second-order valence-corrected chi connectivity index (χ2v) is 4.67. The van der Waals surface area contributed by atoms with Gasteiger partial charge < -0.3 is 15.0 Å². The quantitative estimate of drug-likeness (QED) is 0.779. The van der Waals surface area contributed by atoms with E-state index >= 15 is 0 Å². The molecule has 0 amide bonds. The maximum atomic E-state index is 5.12. The summed E-state index contributed by atoms with van der Waals surface area (Å²) in [6, 6.07) is 1.84. The first-order valence-corrected chi connectivity index (χ1v) is 6.64. The molecule has 0 aliphatic carbocycles. The molecule has 18 heavy (non-hydrogen) atoms. The molecule has 1 aromatic rings. The maximum Gasteiger partial charge on any atom is 0.218 e. The summed E-state index contributed by atoms with van der Waals surface area (Å²) in [7, 11) is 1.62. The summed E-state index contributed by atoms with van der Waals surface area (Å²) in [4.78, 5) is 11.0. The van der Waals surface area contributed by atoms with Crippen LogP contribution in [0.5, 0.6) is 5.88 Å². The van der Waals surface area contributed by atoms with Gasteiger partial charge in [0.1, 0.15) is 11.6 Å². The highest BCUT2D eigenvalue weighted by Gasteiger charge is 2.10. The molecule has 1 saturated heterocycles. The Morgan fingerprint density at radius 3 is 2.83 bits per heavy atom. The number of methoxy groups -OCH3 is 1. The number of aromatic nitrogens is 2. The lowest BCUT2D eigenvalue weighted by molar-refractivity contribution is 0.337. The molecule has 1 aliphatic heterocycles. The lowest BCUT2D eigenvalue weighted by atomic mass is 10.4.